The molecule has 3 heterocycles. The third-order valence-electron chi connectivity index (χ3n) is 4.85. The van der Waals surface area contributed by atoms with Crippen molar-refractivity contribution in [3.63, 3.8) is 0 Å². The Labute approximate surface area is 164 Å². The van der Waals surface area contributed by atoms with E-state index in [1.54, 1.807) is 24.8 Å². The van der Waals surface area contributed by atoms with Gasteiger partial charge < -0.3 is 9.64 Å². The number of hydrogen-bond donors (Lipinski definition) is 0. The Hall–Kier alpha value is -3.28. The van der Waals surface area contributed by atoms with Gasteiger partial charge in [-0.05, 0) is 43.5 Å². The van der Waals surface area contributed by atoms with Gasteiger partial charge in [-0.3, -0.25) is 14.8 Å². The van der Waals surface area contributed by atoms with Gasteiger partial charge >= 0.3 is 0 Å². The van der Waals surface area contributed by atoms with E-state index in [0.717, 1.165) is 36.4 Å². The summed E-state index contributed by atoms with van der Waals surface area (Å²) < 4.78 is 5.80. The van der Waals surface area contributed by atoms with Gasteiger partial charge in [-0.15, -0.1) is 0 Å². The van der Waals surface area contributed by atoms with Crippen molar-refractivity contribution in [3.8, 4) is 11.6 Å². The molecule has 0 aliphatic carbocycles. The molecule has 1 atom stereocenters. The van der Waals surface area contributed by atoms with Crippen LogP contribution in [0.3, 0.4) is 0 Å². The third kappa shape index (κ3) is 4.17. The van der Waals surface area contributed by atoms with Gasteiger partial charge in [0.25, 0.3) is 5.91 Å². The number of aromatic nitrogens is 3. The van der Waals surface area contributed by atoms with Crippen LogP contribution in [-0.2, 0) is 0 Å². The lowest BCUT2D eigenvalue weighted by molar-refractivity contribution is 0.0705. The van der Waals surface area contributed by atoms with Gasteiger partial charge in [0.15, 0.2) is 0 Å². The molecule has 0 unspecified atom stereocenters. The van der Waals surface area contributed by atoms with E-state index in [4.69, 9.17) is 4.74 Å². The minimum absolute atomic E-state index is 0.0190. The first-order valence-corrected chi connectivity index (χ1v) is 9.45. The second kappa shape index (κ2) is 8.17. The number of rotatable bonds is 4. The van der Waals surface area contributed by atoms with E-state index in [9.17, 15) is 4.79 Å². The smallest absolute Gasteiger partial charge is 0.255 e. The summed E-state index contributed by atoms with van der Waals surface area (Å²) in [5.74, 6) is 1.35. The van der Waals surface area contributed by atoms with E-state index in [1.807, 2.05) is 48.2 Å². The van der Waals surface area contributed by atoms with Gasteiger partial charge in [0.1, 0.15) is 5.75 Å². The Morgan fingerprint density at radius 3 is 2.75 bits per heavy atom. The summed E-state index contributed by atoms with van der Waals surface area (Å²) in [6, 6.07) is 11.4. The van der Waals surface area contributed by atoms with Crippen molar-refractivity contribution in [1.82, 2.24) is 19.9 Å². The van der Waals surface area contributed by atoms with Crippen molar-refractivity contribution < 1.29 is 9.53 Å². The number of para-hydroxylation sites is 1. The predicted molar refractivity (Wildman–Crippen MR) is 105 cm³/mol. The average Bonchev–Trinajstić information content (AvgIpc) is 2.74. The highest BCUT2D eigenvalue weighted by molar-refractivity contribution is 5.94. The quantitative estimate of drug-likeness (QED) is 0.691. The van der Waals surface area contributed by atoms with Crippen molar-refractivity contribution in [1.29, 1.82) is 0 Å². The highest BCUT2D eigenvalue weighted by atomic mass is 16.5. The van der Waals surface area contributed by atoms with Crippen molar-refractivity contribution in [2.24, 2.45) is 0 Å². The summed E-state index contributed by atoms with van der Waals surface area (Å²) in [5, 5.41) is 0. The number of carbonyl (C=O) groups excluding carboxylic acids is 1. The van der Waals surface area contributed by atoms with Crippen LogP contribution in [0.4, 0.5) is 0 Å². The molecule has 0 bridgehead atoms. The van der Waals surface area contributed by atoms with Gasteiger partial charge in [0.2, 0.25) is 5.88 Å². The number of aryl methyl sites for hydroxylation is 1. The lowest BCUT2D eigenvalue weighted by Gasteiger charge is -2.32. The Morgan fingerprint density at radius 2 is 1.93 bits per heavy atom. The average molecular weight is 374 g/mol. The van der Waals surface area contributed by atoms with Crippen molar-refractivity contribution in [2.45, 2.75) is 25.7 Å². The molecule has 1 aliphatic rings. The molecule has 0 spiro atoms. The fraction of sp³-hybridized carbons (Fsp3) is 0.273. The molecular weight excluding hydrogens is 352 g/mol. The maximum atomic E-state index is 12.9. The van der Waals surface area contributed by atoms with E-state index >= 15 is 0 Å². The van der Waals surface area contributed by atoms with Crippen LogP contribution >= 0.6 is 0 Å². The monoisotopic (exact) mass is 374 g/mol. The summed E-state index contributed by atoms with van der Waals surface area (Å²) in [7, 11) is 0. The molecule has 1 aromatic carbocycles. The molecule has 0 saturated carbocycles. The number of benzene rings is 1. The van der Waals surface area contributed by atoms with E-state index < -0.39 is 0 Å². The van der Waals surface area contributed by atoms with E-state index in [2.05, 4.69) is 15.0 Å². The highest BCUT2D eigenvalue weighted by Gasteiger charge is 2.27. The van der Waals surface area contributed by atoms with E-state index in [0.29, 0.717) is 18.0 Å². The van der Waals surface area contributed by atoms with Crippen molar-refractivity contribution in [3.05, 3.63) is 78.0 Å². The molecular formula is C22H22N4O2. The van der Waals surface area contributed by atoms with Gasteiger partial charge in [-0.1, -0.05) is 18.2 Å². The van der Waals surface area contributed by atoms with Gasteiger partial charge in [-0.2, -0.15) is 0 Å². The normalized spacial score (nSPS) is 16.6. The Balaban J connectivity index is 1.48. The standard InChI is InChI=1S/C22H22N4O2/c1-16-10-18(12-23-11-16)22(27)26-9-5-6-17(15-26)20-13-24-14-21(25-20)28-19-7-3-2-4-8-19/h2-4,7-8,10-14,17H,5-6,9,15H2,1H3/t17-/m0/s1. The molecule has 6 nitrogen and oxygen atoms in total. The van der Waals surface area contributed by atoms with Gasteiger partial charge in [0, 0.05) is 37.6 Å². The molecule has 1 aliphatic heterocycles. The van der Waals surface area contributed by atoms with Crippen LogP contribution in [0.15, 0.2) is 61.2 Å². The van der Waals surface area contributed by atoms with Crippen LogP contribution in [0.1, 0.15) is 40.4 Å². The molecule has 1 fully saturated rings. The first-order valence-electron chi connectivity index (χ1n) is 9.45. The van der Waals surface area contributed by atoms with Gasteiger partial charge in [0.05, 0.1) is 17.5 Å². The molecule has 3 aromatic rings. The molecule has 6 heteroatoms. The van der Waals surface area contributed by atoms with E-state index in [-0.39, 0.29) is 11.8 Å². The molecule has 142 valence electrons. The zero-order valence-electron chi connectivity index (χ0n) is 15.8. The lowest BCUT2D eigenvalue weighted by Crippen LogP contribution is -2.39. The minimum atomic E-state index is 0.0190. The van der Waals surface area contributed by atoms with Crippen LogP contribution in [0, 0.1) is 6.92 Å². The Kier molecular flexibility index (Phi) is 5.28. The number of hydrogen-bond acceptors (Lipinski definition) is 5. The summed E-state index contributed by atoms with van der Waals surface area (Å²) >= 11 is 0. The van der Waals surface area contributed by atoms with Gasteiger partial charge in [-0.25, -0.2) is 4.98 Å². The number of carbonyl (C=O) groups is 1. The van der Waals surface area contributed by atoms with Crippen LogP contribution in [0.25, 0.3) is 0 Å². The number of likely N-dealkylation sites (tertiary alicyclic amines) is 1. The molecule has 0 radical (unpaired) electrons. The molecule has 2 aromatic heterocycles. The highest BCUT2D eigenvalue weighted by Crippen LogP contribution is 2.28. The van der Waals surface area contributed by atoms with Crippen LogP contribution in [-0.4, -0.2) is 38.8 Å². The van der Waals surface area contributed by atoms with Crippen LogP contribution in [0.2, 0.25) is 0 Å². The number of piperidine rings is 1. The summed E-state index contributed by atoms with van der Waals surface area (Å²) in [5.41, 5.74) is 2.47. The number of nitrogens with zero attached hydrogens (tertiary/aromatic N) is 4. The van der Waals surface area contributed by atoms with Crippen molar-refractivity contribution in [2.75, 3.05) is 13.1 Å². The maximum absolute atomic E-state index is 12.9. The van der Waals surface area contributed by atoms with Crippen LogP contribution in [0.5, 0.6) is 11.6 Å². The second-order valence-electron chi connectivity index (χ2n) is 7.04. The SMILES string of the molecule is Cc1cncc(C(=O)N2CCC[C@H](c3cncc(Oc4ccccc4)n3)C2)c1. The fourth-order valence-electron chi connectivity index (χ4n) is 3.48. The zero-order chi connectivity index (χ0) is 19.3. The Morgan fingerprint density at radius 1 is 1.11 bits per heavy atom. The summed E-state index contributed by atoms with van der Waals surface area (Å²) in [4.78, 5) is 27.8. The summed E-state index contributed by atoms with van der Waals surface area (Å²) in [6.07, 6.45) is 8.67. The third-order valence-corrected chi connectivity index (χ3v) is 4.85. The lowest BCUT2D eigenvalue weighted by atomic mass is 9.94. The second-order valence-corrected chi connectivity index (χ2v) is 7.04. The van der Waals surface area contributed by atoms with E-state index in [1.165, 1.54) is 0 Å². The molecule has 1 amide bonds. The Bertz CT molecular complexity index is 962. The number of pyridine rings is 1. The molecule has 28 heavy (non-hydrogen) atoms. The maximum Gasteiger partial charge on any atom is 0.255 e. The topological polar surface area (TPSA) is 68.2 Å². The predicted octanol–water partition coefficient (Wildman–Crippen LogP) is 3.99. The molecule has 0 N–H and O–H groups in total. The van der Waals surface area contributed by atoms with Crippen molar-refractivity contribution >= 4 is 5.91 Å². The van der Waals surface area contributed by atoms with Crippen LogP contribution < -0.4 is 4.74 Å². The first-order chi connectivity index (χ1) is 13.7. The number of amides is 1. The minimum Gasteiger partial charge on any atom is -0.437 e. The number of ether oxygens (including phenoxy) is 1. The molecule has 1 saturated heterocycles. The fourth-order valence-corrected chi connectivity index (χ4v) is 3.48. The zero-order valence-corrected chi connectivity index (χ0v) is 15.8. The molecule has 4 rings (SSSR count). The largest absolute Gasteiger partial charge is 0.437 e. The summed E-state index contributed by atoms with van der Waals surface area (Å²) in [6.45, 7) is 3.31. The first kappa shape index (κ1) is 18.1.